The summed E-state index contributed by atoms with van der Waals surface area (Å²) in [7, 11) is -0.767. The molecular formula is C16H17N2OSi. The maximum Gasteiger partial charge on any atom is 0.194 e. The summed E-state index contributed by atoms with van der Waals surface area (Å²) < 4.78 is 2.03. The molecule has 0 saturated heterocycles. The van der Waals surface area contributed by atoms with Crippen LogP contribution in [-0.2, 0) is 0 Å². The van der Waals surface area contributed by atoms with E-state index in [2.05, 4.69) is 18.2 Å². The van der Waals surface area contributed by atoms with Crippen LogP contribution in [0.2, 0.25) is 13.1 Å². The molecule has 4 heteroatoms. The van der Waals surface area contributed by atoms with E-state index in [1.807, 2.05) is 53.2 Å². The van der Waals surface area contributed by atoms with Gasteiger partial charge in [0.2, 0.25) is 0 Å². The monoisotopic (exact) mass is 281 g/mol. The topological polar surface area (TPSA) is 32.7 Å². The van der Waals surface area contributed by atoms with Crippen LogP contribution in [0.5, 0.6) is 0 Å². The number of carbonyl (C=O) groups is 1. The molecule has 1 radical (unpaired) electrons. The molecule has 2 rings (SSSR count). The highest BCUT2D eigenvalue weighted by atomic mass is 28.3. The van der Waals surface area contributed by atoms with Crippen molar-refractivity contribution in [3.05, 3.63) is 65.7 Å². The van der Waals surface area contributed by atoms with Crippen molar-refractivity contribution >= 4 is 27.1 Å². The summed E-state index contributed by atoms with van der Waals surface area (Å²) in [5, 5.41) is 4.57. The summed E-state index contributed by atoms with van der Waals surface area (Å²) in [6, 6.07) is 17.5. The Hall–Kier alpha value is -2.20. The Morgan fingerprint density at radius 2 is 1.55 bits per heavy atom. The predicted molar refractivity (Wildman–Crippen MR) is 85.8 cm³/mol. The van der Waals surface area contributed by atoms with Crippen LogP contribution in [0, 0.1) is 0 Å². The van der Waals surface area contributed by atoms with Gasteiger partial charge in [0, 0.05) is 16.8 Å². The van der Waals surface area contributed by atoms with Crippen LogP contribution < -0.4 is 4.67 Å². The van der Waals surface area contributed by atoms with Crippen molar-refractivity contribution in [1.29, 1.82) is 0 Å². The summed E-state index contributed by atoms with van der Waals surface area (Å²) >= 11 is 0. The molecule has 20 heavy (non-hydrogen) atoms. The van der Waals surface area contributed by atoms with Gasteiger partial charge in [0.25, 0.3) is 0 Å². The molecule has 0 aromatic heterocycles. The predicted octanol–water partition coefficient (Wildman–Crippen LogP) is 3.59. The number of anilines is 1. The van der Waals surface area contributed by atoms with E-state index >= 15 is 0 Å². The zero-order valence-corrected chi connectivity index (χ0v) is 12.7. The number of hydrazone groups is 1. The van der Waals surface area contributed by atoms with Gasteiger partial charge in [-0.05, 0) is 12.1 Å². The van der Waals surface area contributed by atoms with E-state index in [0.717, 1.165) is 17.5 Å². The van der Waals surface area contributed by atoms with Crippen molar-refractivity contribution in [2.24, 2.45) is 5.10 Å². The largest absolute Gasteiger partial charge is 0.298 e. The van der Waals surface area contributed by atoms with Crippen LogP contribution in [0.4, 0.5) is 5.69 Å². The smallest absolute Gasteiger partial charge is 0.194 e. The zero-order chi connectivity index (χ0) is 14.4. The van der Waals surface area contributed by atoms with Crippen molar-refractivity contribution in [2.75, 3.05) is 4.67 Å². The van der Waals surface area contributed by atoms with Crippen molar-refractivity contribution in [3.63, 3.8) is 0 Å². The molecule has 0 bridgehead atoms. The first-order valence-electron chi connectivity index (χ1n) is 6.46. The number of nitrogens with zero attached hydrogens (tertiary/aromatic N) is 2. The van der Waals surface area contributed by atoms with E-state index in [0.29, 0.717) is 5.56 Å². The van der Waals surface area contributed by atoms with Gasteiger partial charge in [-0.15, -0.1) is 0 Å². The lowest BCUT2D eigenvalue weighted by molar-refractivity contribution is 0.112. The third-order valence-corrected chi connectivity index (χ3v) is 4.08. The molecule has 2 aromatic carbocycles. The highest BCUT2D eigenvalue weighted by Crippen LogP contribution is 2.15. The normalized spacial score (nSPS) is 10.9. The Bertz CT molecular complexity index is 596. The second-order valence-electron chi connectivity index (χ2n) is 4.59. The average Bonchev–Trinajstić information content (AvgIpc) is 2.48. The van der Waals surface area contributed by atoms with Gasteiger partial charge >= 0.3 is 0 Å². The van der Waals surface area contributed by atoms with Crippen LogP contribution >= 0.6 is 0 Å². The van der Waals surface area contributed by atoms with Gasteiger partial charge in [-0.25, -0.2) is 0 Å². The number of carbonyl (C=O) groups excluding carboxylic acids is 1. The minimum atomic E-state index is -0.767. The first kappa shape index (κ1) is 14.2. The molecule has 2 aromatic rings. The first-order chi connectivity index (χ1) is 9.72. The summed E-state index contributed by atoms with van der Waals surface area (Å²) in [4.78, 5) is 11.0. The van der Waals surface area contributed by atoms with Crippen molar-refractivity contribution in [1.82, 2.24) is 0 Å². The third-order valence-electron chi connectivity index (χ3n) is 2.86. The molecule has 0 heterocycles. The summed E-state index contributed by atoms with van der Waals surface area (Å²) in [6.45, 7) is 4.36. The molecule has 0 spiro atoms. The quantitative estimate of drug-likeness (QED) is 0.363. The van der Waals surface area contributed by atoms with E-state index in [1.54, 1.807) is 12.3 Å². The Morgan fingerprint density at radius 1 is 0.950 bits per heavy atom. The molecular weight excluding hydrogens is 264 g/mol. The van der Waals surface area contributed by atoms with E-state index < -0.39 is 8.96 Å². The Kier molecular flexibility index (Phi) is 4.84. The molecule has 0 saturated carbocycles. The van der Waals surface area contributed by atoms with Crippen molar-refractivity contribution in [2.45, 2.75) is 13.1 Å². The van der Waals surface area contributed by atoms with Crippen LogP contribution in [-0.4, -0.2) is 21.5 Å². The van der Waals surface area contributed by atoms with Gasteiger partial charge in [0.1, 0.15) is 0 Å². The molecule has 0 aliphatic rings. The van der Waals surface area contributed by atoms with Crippen molar-refractivity contribution < 1.29 is 4.79 Å². The Balaban J connectivity index is 2.29. The molecule has 3 nitrogen and oxygen atoms in total. The number of benzene rings is 2. The van der Waals surface area contributed by atoms with Gasteiger partial charge in [-0.1, -0.05) is 55.6 Å². The highest BCUT2D eigenvalue weighted by molar-refractivity contribution is 6.60. The summed E-state index contributed by atoms with van der Waals surface area (Å²) in [5.41, 5.74) is 2.57. The maximum atomic E-state index is 11.0. The van der Waals surface area contributed by atoms with E-state index in [-0.39, 0.29) is 0 Å². The number of para-hydroxylation sites is 1. The molecule has 0 unspecified atom stereocenters. The van der Waals surface area contributed by atoms with E-state index in [9.17, 15) is 4.79 Å². The van der Waals surface area contributed by atoms with Crippen LogP contribution in [0.1, 0.15) is 15.9 Å². The SMILES string of the molecule is C[Si](C)N(N=Cc1ccccc1C=O)c1ccccc1. The number of aldehydes is 1. The van der Waals surface area contributed by atoms with Crippen LogP contribution in [0.15, 0.2) is 59.7 Å². The molecule has 0 N–H and O–H groups in total. The molecule has 0 aliphatic carbocycles. The lowest BCUT2D eigenvalue weighted by atomic mass is 10.1. The minimum Gasteiger partial charge on any atom is -0.298 e. The van der Waals surface area contributed by atoms with Crippen LogP contribution in [0.3, 0.4) is 0 Å². The molecule has 0 aliphatic heterocycles. The van der Waals surface area contributed by atoms with Gasteiger partial charge < -0.3 is 0 Å². The second kappa shape index (κ2) is 6.82. The fourth-order valence-corrected chi connectivity index (χ4v) is 2.82. The molecule has 0 amide bonds. The molecule has 101 valence electrons. The Labute approximate surface area is 121 Å². The summed E-state index contributed by atoms with van der Waals surface area (Å²) in [6.07, 6.45) is 2.62. The maximum absolute atomic E-state index is 11.0. The standard InChI is InChI=1S/C16H17N2OSi/c1-20(2)18(16-10-4-3-5-11-16)17-12-14-8-6-7-9-15(14)13-19/h3-13H,1-2H3. The lowest BCUT2D eigenvalue weighted by Gasteiger charge is -2.22. The zero-order valence-electron chi connectivity index (χ0n) is 11.7. The minimum absolute atomic E-state index is 0.658. The fraction of sp³-hybridized carbons (Fsp3) is 0.125. The number of hydrogen-bond acceptors (Lipinski definition) is 3. The number of hydrogen-bond donors (Lipinski definition) is 0. The Morgan fingerprint density at radius 3 is 2.15 bits per heavy atom. The first-order valence-corrected chi connectivity index (χ1v) is 8.90. The average molecular weight is 281 g/mol. The fourth-order valence-electron chi connectivity index (χ4n) is 1.87. The second-order valence-corrected chi connectivity index (χ2v) is 6.90. The van der Waals surface area contributed by atoms with Crippen molar-refractivity contribution in [3.8, 4) is 0 Å². The van der Waals surface area contributed by atoms with Gasteiger partial charge in [-0.2, -0.15) is 5.10 Å². The highest BCUT2D eigenvalue weighted by Gasteiger charge is 2.10. The van der Waals surface area contributed by atoms with E-state index in [1.165, 1.54) is 0 Å². The number of rotatable bonds is 5. The third kappa shape index (κ3) is 3.42. The van der Waals surface area contributed by atoms with Crippen LogP contribution in [0.25, 0.3) is 0 Å². The van der Waals surface area contributed by atoms with Gasteiger partial charge in [0.15, 0.2) is 15.2 Å². The molecule has 0 fully saturated rings. The molecule has 0 atom stereocenters. The van der Waals surface area contributed by atoms with Gasteiger partial charge in [0.05, 0.1) is 6.21 Å². The van der Waals surface area contributed by atoms with E-state index in [4.69, 9.17) is 0 Å². The summed E-state index contributed by atoms with van der Waals surface area (Å²) in [5.74, 6) is 0. The lowest BCUT2D eigenvalue weighted by Crippen LogP contribution is -2.29. The van der Waals surface area contributed by atoms with Gasteiger partial charge in [-0.3, -0.25) is 9.47 Å².